The minimum atomic E-state index is -0.531. The zero-order valence-corrected chi connectivity index (χ0v) is 22.0. The summed E-state index contributed by atoms with van der Waals surface area (Å²) >= 11 is 0. The number of amides is 3. The van der Waals surface area contributed by atoms with Crippen molar-refractivity contribution in [1.82, 2.24) is 0 Å². The highest BCUT2D eigenvalue weighted by atomic mass is 16.5. The number of imide groups is 1. The van der Waals surface area contributed by atoms with Gasteiger partial charge in [0.25, 0.3) is 5.91 Å². The molecule has 0 saturated carbocycles. The summed E-state index contributed by atoms with van der Waals surface area (Å²) < 4.78 is 10.7. The van der Waals surface area contributed by atoms with Crippen LogP contribution in [-0.2, 0) is 9.59 Å². The minimum Gasteiger partial charge on any atom is -0.497 e. The Kier molecular flexibility index (Phi) is 5.49. The lowest BCUT2D eigenvalue weighted by atomic mass is 9.55. The average molecular weight is 531 g/mol. The maximum absolute atomic E-state index is 14.2. The number of rotatable bonds is 5. The normalized spacial score (nSPS) is 21.9. The molecule has 0 spiro atoms. The molecule has 1 saturated heterocycles. The van der Waals surface area contributed by atoms with Gasteiger partial charge in [-0.3, -0.25) is 14.4 Å². The summed E-state index contributed by atoms with van der Waals surface area (Å²) in [6, 6.07) is 28.1. The van der Waals surface area contributed by atoms with E-state index in [-0.39, 0.29) is 34.9 Å². The molecule has 2 bridgehead atoms. The number of carbonyl (C=O) groups is 3. The van der Waals surface area contributed by atoms with Gasteiger partial charge in [0.2, 0.25) is 11.8 Å². The molecule has 0 unspecified atom stereocenters. The molecule has 7 nitrogen and oxygen atoms in total. The van der Waals surface area contributed by atoms with E-state index in [1.807, 2.05) is 24.3 Å². The van der Waals surface area contributed by atoms with Gasteiger partial charge in [0, 0.05) is 17.9 Å². The second-order valence-corrected chi connectivity index (χ2v) is 10.3. The number of hydrogen-bond acceptors (Lipinski definition) is 5. The first-order chi connectivity index (χ1) is 19.5. The number of ether oxygens (including phenoxy) is 2. The van der Waals surface area contributed by atoms with Gasteiger partial charge in [-0.15, -0.1) is 0 Å². The van der Waals surface area contributed by atoms with Gasteiger partial charge in [-0.2, -0.15) is 0 Å². The van der Waals surface area contributed by atoms with Gasteiger partial charge < -0.3 is 14.8 Å². The number of nitrogens with zero attached hydrogens (tertiary/aromatic N) is 1. The molecule has 2 atom stereocenters. The third-order valence-electron chi connectivity index (χ3n) is 8.49. The molecule has 1 fully saturated rings. The van der Waals surface area contributed by atoms with E-state index in [1.165, 1.54) is 19.1 Å². The lowest BCUT2D eigenvalue weighted by Crippen LogP contribution is -2.41. The first-order valence-corrected chi connectivity index (χ1v) is 13.2. The van der Waals surface area contributed by atoms with E-state index in [0.717, 1.165) is 22.3 Å². The lowest BCUT2D eigenvalue weighted by Gasteiger charge is -2.45. The van der Waals surface area contributed by atoms with E-state index in [2.05, 4.69) is 29.6 Å². The summed E-state index contributed by atoms with van der Waals surface area (Å²) in [7, 11) is 3.05. The van der Waals surface area contributed by atoms with Crippen LogP contribution in [0.1, 0.15) is 44.4 Å². The molecule has 1 aliphatic heterocycles. The van der Waals surface area contributed by atoms with E-state index >= 15 is 0 Å². The van der Waals surface area contributed by atoms with Crippen LogP contribution in [0.4, 0.5) is 11.4 Å². The number of nitrogens with one attached hydrogen (secondary N) is 1. The average Bonchev–Trinajstić information content (AvgIpc) is 3.26. The molecular weight excluding hydrogens is 504 g/mol. The Morgan fingerprint density at radius 2 is 1.23 bits per heavy atom. The van der Waals surface area contributed by atoms with Crippen molar-refractivity contribution in [3.63, 3.8) is 0 Å². The molecule has 3 amide bonds. The van der Waals surface area contributed by atoms with Crippen molar-refractivity contribution in [2.45, 2.75) is 11.8 Å². The topological polar surface area (TPSA) is 84.9 Å². The molecule has 1 heterocycles. The predicted octanol–water partition coefficient (Wildman–Crippen LogP) is 5.35. The van der Waals surface area contributed by atoms with Crippen molar-refractivity contribution in [1.29, 1.82) is 0 Å². The summed E-state index contributed by atoms with van der Waals surface area (Å²) in [5.74, 6) is -1.50. The van der Waals surface area contributed by atoms with Crippen LogP contribution >= 0.6 is 0 Å². The second-order valence-electron chi connectivity index (χ2n) is 10.3. The molecule has 4 aromatic rings. The standard InChI is InChI=1S/C33H26N2O5/c1-39-18-15-16-26(40-2)24(17-18)34-31(36)23-13-7-8-14-25(23)35-32(37)29-27-19-9-3-4-10-20(19)28(30(29)33(35)38)22-12-6-5-11-21(22)27/h3-17,27-30H,1-2H3,(H,34,36)/t27?,28?,29-,30-/m1/s1. The van der Waals surface area contributed by atoms with Crippen molar-refractivity contribution in [3.8, 4) is 11.5 Å². The third kappa shape index (κ3) is 3.33. The van der Waals surface area contributed by atoms with Gasteiger partial charge in [-0.25, -0.2) is 4.90 Å². The minimum absolute atomic E-state index is 0.217. The fraction of sp³-hybridized carbons (Fsp3) is 0.182. The number of anilines is 2. The number of carbonyl (C=O) groups excluding carboxylic acids is 3. The zero-order chi connectivity index (χ0) is 27.5. The Morgan fingerprint density at radius 1 is 0.700 bits per heavy atom. The summed E-state index contributed by atoms with van der Waals surface area (Å²) in [5, 5.41) is 2.87. The van der Waals surface area contributed by atoms with Crippen molar-refractivity contribution in [2.24, 2.45) is 11.8 Å². The van der Waals surface area contributed by atoms with E-state index in [0.29, 0.717) is 17.2 Å². The molecule has 1 N–H and O–H groups in total. The molecule has 40 heavy (non-hydrogen) atoms. The van der Waals surface area contributed by atoms with Gasteiger partial charge in [-0.05, 0) is 46.5 Å². The largest absolute Gasteiger partial charge is 0.497 e. The van der Waals surface area contributed by atoms with Gasteiger partial charge in [0.15, 0.2) is 0 Å². The zero-order valence-electron chi connectivity index (χ0n) is 22.0. The molecule has 4 aromatic carbocycles. The fourth-order valence-electron chi connectivity index (χ4n) is 6.88. The summed E-state index contributed by atoms with van der Waals surface area (Å²) in [6.45, 7) is 0. The Hall–Kier alpha value is -4.91. The van der Waals surface area contributed by atoms with Crippen LogP contribution in [0, 0.1) is 11.8 Å². The van der Waals surface area contributed by atoms with Gasteiger partial charge in [0.1, 0.15) is 11.5 Å². The quantitative estimate of drug-likeness (QED) is 0.352. The molecule has 3 aliphatic carbocycles. The maximum atomic E-state index is 14.2. The molecule has 7 heteroatoms. The lowest BCUT2D eigenvalue weighted by molar-refractivity contribution is -0.122. The Bertz CT molecular complexity index is 1600. The van der Waals surface area contributed by atoms with Crippen LogP contribution in [0.15, 0.2) is 91.0 Å². The highest BCUT2D eigenvalue weighted by Crippen LogP contribution is 2.61. The summed E-state index contributed by atoms with van der Waals surface area (Å²) in [4.78, 5) is 43.3. The molecule has 198 valence electrons. The van der Waals surface area contributed by atoms with E-state index in [1.54, 1.807) is 42.5 Å². The third-order valence-corrected chi connectivity index (χ3v) is 8.49. The van der Waals surface area contributed by atoms with Gasteiger partial charge in [-0.1, -0.05) is 60.7 Å². The fourth-order valence-corrected chi connectivity index (χ4v) is 6.88. The van der Waals surface area contributed by atoms with Gasteiger partial charge in [0.05, 0.1) is 43.0 Å². The number of benzene rings is 4. The van der Waals surface area contributed by atoms with Crippen molar-refractivity contribution in [2.75, 3.05) is 24.4 Å². The Balaban J connectivity index is 1.30. The van der Waals surface area contributed by atoms with Crippen molar-refractivity contribution >= 4 is 29.1 Å². The predicted molar refractivity (Wildman–Crippen MR) is 150 cm³/mol. The van der Waals surface area contributed by atoms with Crippen LogP contribution < -0.4 is 19.7 Å². The van der Waals surface area contributed by atoms with E-state index in [9.17, 15) is 14.4 Å². The first-order valence-electron chi connectivity index (χ1n) is 13.2. The number of methoxy groups -OCH3 is 2. The number of hydrogen-bond donors (Lipinski definition) is 1. The molecule has 8 rings (SSSR count). The van der Waals surface area contributed by atoms with E-state index < -0.39 is 17.7 Å². The second kappa shape index (κ2) is 9.09. The van der Waals surface area contributed by atoms with Crippen LogP contribution in [-0.4, -0.2) is 31.9 Å². The van der Waals surface area contributed by atoms with E-state index in [4.69, 9.17) is 9.47 Å². The summed E-state index contributed by atoms with van der Waals surface area (Å²) in [5.41, 5.74) is 5.32. The van der Waals surface area contributed by atoms with Crippen LogP contribution in [0.3, 0.4) is 0 Å². The monoisotopic (exact) mass is 530 g/mol. The highest BCUT2D eigenvalue weighted by molar-refractivity contribution is 6.26. The smallest absolute Gasteiger partial charge is 0.257 e. The van der Waals surface area contributed by atoms with Crippen molar-refractivity contribution in [3.05, 3.63) is 119 Å². The van der Waals surface area contributed by atoms with Crippen LogP contribution in [0.2, 0.25) is 0 Å². The van der Waals surface area contributed by atoms with Crippen LogP contribution in [0.25, 0.3) is 0 Å². The van der Waals surface area contributed by atoms with Crippen LogP contribution in [0.5, 0.6) is 11.5 Å². The summed E-state index contributed by atoms with van der Waals surface area (Å²) in [6.07, 6.45) is 0. The molecule has 4 aliphatic rings. The molecule has 0 aromatic heterocycles. The van der Waals surface area contributed by atoms with Crippen molar-refractivity contribution < 1.29 is 23.9 Å². The molecular formula is C33H26N2O5. The molecule has 0 radical (unpaired) electrons. The highest BCUT2D eigenvalue weighted by Gasteiger charge is 2.62. The maximum Gasteiger partial charge on any atom is 0.257 e. The first kappa shape index (κ1) is 24.2. The Labute approximate surface area is 231 Å². The number of para-hydroxylation sites is 1. The Morgan fingerprint density at radius 3 is 1.75 bits per heavy atom. The van der Waals surface area contributed by atoms with Gasteiger partial charge >= 0.3 is 0 Å². The SMILES string of the molecule is COc1ccc(OC)c(NC(=O)c2ccccc2N2C(=O)[C@@H]3C4c5ccccc5C(c5ccccc54)[C@H]3C2=O)c1.